The SMILES string of the molecule is c1ccc(-c2ccc3c(c2)oc2cc(P(c4ccc5c(c4)oc4cc(-c6ccccc6)ccc45)c4cc5ccccc5c5ccccc45)ccc23)cc1. The fourth-order valence-electron chi connectivity index (χ4n) is 8.08. The van der Waals surface area contributed by atoms with Crippen LogP contribution in [0.1, 0.15) is 0 Å². The van der Waals surface area contributed by atoms with Gasteiger partial charge in [0.15, 0.2) is 0 Å². The van der Waals surface area contributed by atoms with Crippen LogP contribution in [0.4, 0.5) is 0 Å². The highest BCUT2D eigenvalue weighted by Gasteiger charge is 2.23. The summed E-state index contributed by atoms with van der Waals surface area (Å²) in [4.78, 5) is 0. The van der Waals surface area contributed by atoms with Gasteiger partial charge < -0.3 is 8.83 Å². The van der Waals surface area contributed by atoms with Gasteiger partial charge >= 0.3 is 0 Å². The molecule has 0 spiro atoms. The molecule has 0 saturated heterocycles. The van der Waals surface area contributed by atoms with Crippen LogP contribution >= 0.6 is 7.92 Å². The molecule has 0 aliphatic carbocycles. The van der Waals surface area contributed by atoms with Crippen molar-refractivity contribution in [2.45, 2.75) is 0 Å². The lowest BCUT2D eigenvalue weighted by atomic mass is 10.0. The number of hydrogen-bond acceptors (Lipinski definition) is 2. The van der Waals surface area contributed by atoms with Crippen molar-refractivity contribution in [1.29, 1.82) is 0 Å². The highest BCUT2D eigenvalue weighted by atomic mass is 31.1. The highest BCUT2D eigenvalue weighted by Crippen LogP contribution is 2.42. The second-order valence-electron chi connectivity index (χ2n) is 13.7. The van der Waals surface area contributed by atoms with Crippen LogP contribution in [0.5, 0.6) is 0 Å². The predicted molar refractivity (Wildman–Crippen MR) is 226 cm³/mol. The molecule has 9 aromatic carbocycles. The number of furan rings is 2. The molecule has 0 bridgehead atoms. The van der Waals surface area contributed by atoms with E-state index in [0.29, 0.717) is 0 Å². The molecule has 0 radical (unpaired) electrons. The lowest BCUT2D eigenvalue weighted by Gasteiger charge is -2.22. The molecule has 2 aromatic heterocycles. The molecule has 0 amide bonds. The van der Waals surface area contributed by atoms with Gasteiger partial charge in [0.25, 0.3) is 0 Å². The van der Waals surface area contributed by atoms with E-state index in [0.717, 1.165) is 55.0 Å². The van der Waals surface area contributed by atoms with E-state index in [1.807, 2.05) is 0 Å². The minimum atomic E-state index is -1.03. The van der Waals surface area contributed by atoms with Crippen molar-refractivity contribution >= 4 is 89.3 Å². The van der Waals surface area contributed by atoms with Gasteiger partial charge in [-0.15, -0.1) is 0 Å². The van der Waals surface area contributed by atoms with Gasteiger partial charge in [-0.25, -0.2) is 0 Å². The summed E-state index contributed by atoms with van der Waals surface area (Å²) < 4.78 is 13.4. The first kappa shape index (κ1) is 30.2. The smallest absolute Gasteiger partial charge is 0.136 e. The van der Waals surface area contributed by atoms with Crippen molar-refractivity contribution in [2.24, 2.45) is 0 Å². The van der Waals surface area contributed by atoms with Gasteiger partial charge in [0.05, 0.1) is 0 Å². The van der Waals surface area contributed by atoms with Gasteiger partial charge in [-0.05, 0) is 122 Å². The number of fused-ring (bicyclic) bond motifs is 9. The molecule has 0 N–H and O–H groups in total. The zero-order valence-electron chi connectivity index (χ0n) is 28.7. The topological polar surface area (TPSA) is 26.3 Å². The first-order valence-corrected chi connectivity index (χ1v) is 19.3. The fraction of sp³-hybridized carbons (Fsp3) is 0. The second kappa shape index (κ2) is 12.1. The summed E-state index contributed by atoms with van der Waals surface area (Å²) in [6.07, 6.45) is 0. The van der Waals surface area contributed by atoms with Gasteiger partial charge in [0.1, 0.15) is 22.3 Å². The van der Waals surface area contributed by atoms with E-state index in [1.54, 1.807) is 0 Å². The minimum absolute atomic E-state index is 0.901. The Kier molecular flexibility index (Phi) is 6.87. The van der Waals surface area contributed by atoms with Gasteiger partial charge in [-0.1, -0.05) is 133 Å². The molecule has 0 unspecified atom stereocenters. The highest BCUT2D eigenvalue weighted by molar-refractivity contribution is 7.80. The average Bonchev–Trinajstić information content (AvgIpc) is 3.78. The van der Waals surface area contributed by atoms with Crippen LogP contribution in [-0.4, -0.2) is 0 Å². The standard InChI is InChI=1S/C50H31O2P/c1-3-11-32(12-4-1)34-19-23-41-43-25-21-37(30-48(43)51-46(41)27-34)53(50-29-36-15-7-8-16-39(36)40-17-9-10-18-45(40)50)38-22-26-44-42-24-20-35(33-13-5-2-6-14-33)28-47(42)52-49(44)31-38/h1-31H. The third-order valence-corrected chi connectivity index (χ3v) is 13.1. The third kappa shape index (κ3) is 4.99. The van der Waals surface area contributed by atoms with Crippen LogP contribution in [0.3, 0.4) is 0 Å². The molecule has 0 saturated carbocycles. The molecule has 0 aliphatic rings. The van der Waals surface area contributed by atoms with E-state index in [-0.39, 0.29) is 0 Å². The summed E-state index contributed by atoms with van der Waals surface area (Å²) in [6.45, 7) is 0. The summed E-state index contributed by atoms with van der Waals surface area (Å²) in [5, 5.41) is 13.3. The predicted octanol–water partition coefficient (Wildman–Crippen LogP) is 12.9. The lowest BCUT2D eigenvalue weighted by Crippen LogP contribution is -2.21. The van der Waals surface area contributed by atoms with Crippen LogP contribution in [0.15, 0.2) is 197 Å². The van der Waals surface area contributed by atoms with E-state index in [2.05, 4.69) is 188 Å². The maximum absolute atomic E-state index is 6.68. The minimum Gasteiger partial charge on any atom is -0.456 e. The van der Waals surface area contributed by atoms with Crippen molar-refractivity contribution in [2.75, 3.05) is 0 Å². The van der Waals surface area contributed by atoms with Crippen LogP contribution < -0.4 is 15.9 Å². The molecule has 11 rings (SSSR count). The molecule has 0 atom stereocenters. The fourth-order valence-corrected chi connectivity index (χ4v) is 10.6. The Hall–Kier alpha value is -6.47. The Morgan fingerprint density at radius 1 is 0.283 bits per heavy atom. The molecular weight excluding hydrogens is 664 g/mol. The van der Waals surface area contributed by atoms with Crippen molar-refractivity contribution in [3.8, 4) is 22.3 Å². The summed E-state index contributed by atoms with van der Waals surface area (Å²) in [7, 11) is -1.03. The van der Waals surface area contributed by atoms with Crippen LogP contribution in [0.2, 0.25) is 0 Å². The first-order chi connectivity index (χ1) is 26.2. The van der Waals surface area contributed by atoms with E-state index in [1.165, 1.54) is 48.6 Å². The molecule has 11 aromatic rings. The summed E-state index contributed by atoms with van der Waals surface area (Å²) in [5.74, 6) is 0. The average molecular weight is 695 g/mol. The second-order valence-corrected chi connectivity index (χ2v) is 15.9. The summed E-state index contributed by atoms with van der Waals surface area (Å²) >= 11 is 0. The summed E-state index contributed by atoms with van der Waals surface area (Å²) in [5.41, 5.74) is 8.26. The molecule has 3 heteroatoms. The van der Waals surface area contributed by atoms with Crippen molar-refractivity contribution in [1.82, 2.24) is 0 Å². The van der Waals surface area contributed by atoms with Gasteiger partial charge in [0.2, 0.25) is 0 Å². The largest absolute Gasteiger partial charge is 0.456 e. The van der Waals surface area contributed by atoms with Crippen LogP contribution in [0, 0.1) is 0 Å². The zero-order valence-corrected chi connectivity index (χ0v) is 29.6. The Morgan fingerprint density at radius 2 is 0.717 bits per heavy atom. The van der Waals surface area contributed by atoms with Gasteiger partial charge in [-0.3, -0.25) is 0 Å². The van der Waals surface area contributed by atoms with E-state index >= 15 is 0 Å². The molecule has 53 heavy (non-hydrogen) atoms. The summed E-state index contributed by atoms with van der Waals surface area (Å²) in [6, 6.07) is 67.8. The maximum atomic E-state index is 6.68. The molecular formula is C50H31O2P. The molecule has 0 fully saturated rings. The van der Waals surface area contributed by atoms with Crippen molar-refractivity contribution in [3.63, 3.8) is 0 Å². The van der Waals surface area contributed by atoms with Crippen molar-refractivity contribution < 1.29 is 8.83 Å². The first-order valence-electron chi connectivity index (χ1n) is 18.0. The zero-order chi connectivity index (χ0) is 34.9. The number of benzene rings is 9. The van der Waals surface area contributed by atoms with Crippen LogP contribution in [-0.2, 0) is 0 Å². The van der Waals surface area contributed by atoms with Gasteiger partial charge in [0, 0.05) is 21.5 Å². The third-order valence-electron chi connectivity index (χ3n) is 10.6. The van der Waals surface area contributed by atoms with Crippen LogP contribution in [0.25, 0.3) is 87.7 Å². The lowest BCUT2D eigenvalue weighted by molar-refractivity contribution is 0.669. The monoisotopic (exact) mass is 694 g/mol. The number of rotatable bonds is 5. The maximum Gasteiger partial charge on any atom is 0.136 e. The molecule has 0 aliphatic heterocycles. The quantitative estimate of drug-likeness (QED) is 0.132. The van der Waals surface area contributed by atoms with E-state index < -0.39 is 7.92 Å². The van der Waals surface area contributed by atoms with E-state index in [4.69, 9.17) is 8.83 Å². The van der Waals surface area contributed by atoms with E-state index in [9.17, 15) is 0 Å². The Morgan fingerprint density at radius 3 is 1.26 bits per heavy atom. The molecule has 2 heterocycles. The Labute approximate surface area is 307 Å². The normalized spacial score (nSPS) is 11.9. The molecule has 248 valence electrons. The number of hydrogen-bond donors (Lipinski definition) is 0. The van der Waals surface area contributed by atoms with Gasteiger partial charge in [-0.2, -0.15) is 0 Å². The Balaban J connectivity index is 1.12. The molecule has 2 nitrogen and oxygen atoms in total. The Bertz CT molecular complexity index is 3020. The van der Waals surface area contributed by atoms with Crippen molar-refractivity contribution in [3.05, 3.63) is 188 Å².